The Morgan fingerprint density at radius 3 is 1.33 bits per heavy atom. The van der Waals surface area contributed by atoms with Crippen LogP contribution in [-0.4, -0.2) is 51.4 Å². The minimum atomic E-state index is -1.69. The zero-order valence-corrected chi connectivity index (χ0v) is 25.7. The molecule has 4 rings (SSSR count). The topological polar surface area (TPSA) is 141 Å². The summed E-state index contributed by atoms with van der Waals surface area (Å²) in [7, 11) is 0. The highest BCUT2D eigenvalue weighted by atomic mass is 16.6. The van der Waals surface area contributed by atoms with E-state index in [2.05, 4.69) is 0 Å². The molecule has 9 heteroatoms. The van der Waals surface area contributed by atoms with Gasteiger partial charge in [0.1, 0.15) is 5.60 Å². The third-order valence-corrected chi connectivity index (χ3v) is 7.07. The van der Waals surface area contributed by atoms with Crippen LogP contribution in [0.1, 0.15) is 86.4 Å². The quantitative estimate of drug-likeness (QED) is 0.123. The van der Waals surface area contributed by atoms with Crippen LogP contribution >= 0.6 is 0 Å². The van der Waals surface area contributed by atoms with Gasteiger partial charge in [0.25, 0.3) is 11.6 Å². The van der Waals surface area contributed by atoms with E-state index in [1.54, 1.807) is 36.4 Å². The molecule has 9 nitrogen and oxygen atoms in total. The minimum absolute atomic E-state index is 0.129. The average molecular weight is 621 g/mol. The number of carbonyl (C=O) groups is 6. The molecule has 4 aromatic carbocycles. The van der Waals surface area contributed by atoms with Crippen molar-refractivity contribution in [2.45, 2.75) is 45.0 Å². The molecule has 0 aliphatic rings. The maximum absolute atomic E-state index is 13.3. The van der Waals surface area contributed by atoms with Gasteiger partial charge >= 0.3 is 11.9 Å². The number of aliphatic hydroxyl groups is 1. The first-order valence-electron chi connectivity index (χ1n) is 14.3. The first kappa shape index (κ1) is 33.4. The van der Waals surface area contributed by atoms with Crippen molar-refractivity contribution < 1.29 is 43.3 Å². The molecule has 46 heavy (non-hydrogen) atoms. The van der Waals surface area contributed by atoms with Crippen molar-refractivity contribution in [1.29, 1.82) is 0 Å². The fourth-order valence-electron chi connectivity index (χ4n) is 4.55. The molecule has 0 aromatic heterocycles. The molecule has 0 spiro atoms. The number of rotatable bonds is 12. The Labute approximate surface area is 265 Å². The first-order chi connectivity index (χ1) is 21.7. The highest BCUT2D eigenvalue weighted by Crippen LogP contribution is 2.29. The molecule has 0 fully saturated rings. The summed E-state index contributed by atoms with van der Waals surface area (Å²) in [5.41, 5.74) is -1.86. The molecule has 1 unspecified atom stereocenters. The zero-order chi connectivity index (χ0) is 33.6. The Bertz CT molecular complexity index is 1770. The van der Waals surface area contributed by atoms with E-state index >= 15 is 0 Å². The number of ether oxygens (including phenoxy) is 2. The molecule has 0 aliphatic heterocycles. The van der Waals surface area contributed by atoms with Crippen molar-refractivity contribution >= 4 is 35.1 Å². The summed E-state index contributed by atoms with van der Waals surface area (Å²) in [4.78, 5) is 76.7. The summed E-state index contributed by atoms with van der Waals surface area (Å²) in [6.45, 7) is 5.48. The van der Waals surface area contributed by atoms with Crippen LogP contribution in [-0.2, 0) is 19.1 Å². The van der Waals surface area contributed by atoms with E-state index in [-0.39, 0.29) is 22.3 Å². The monoisotopic (exact) mass is 620 g/mol. The molecule has 1 atom stereocenters. The predicted octanol–water partition coefficient (Wildman–Crippen LogP) is 5.54. The molecule has 0 heterocycles. The molecule has 1 N–H and O–H groups in total. The fourth-order valence-corrected chi connectivity index (χ4v) is 4.55. The van der Waals surface area contributed by atoms with Gasteiger partial charge < -0.3 is 14.6 Å². The number of esters is 2. The molecular formula is C37H32O9. The van der Waals surface area contributed by atoms with E-state index < -0.39 is 52.4 Å². The standard InChI is InChI=1S/C37H32O9/c1-36(2,44)32(40)27-19-15-25(16-20-27)31(45-34(42)29(38)23-11-7-5-8-12-23)26-17-21-28(22-18-26)33(41)37(3,4)46-35(43)30(39)24-13-9-6-10-14-24/h5-22,31,44H,1-4H3. The summed E-state index contributed by atoms with van der Waals surface area (Å²) in [5, 5.41) is 10.1. The Balaban J connectivity index is 1.60. The van der Waals surface area contributed by atoms with E-state index in [4.69, 9.17) is 9.47 Å². The van der Waals surface area contributed by atoms with Crippen LogP contribution in [0.2, 0.25) is 0 Å². The smallest absolute Gasteiger partial charge is 0.380 e. The lowest BCUT2D eigenvalue weighted by Crippen LogP contribution is -2.39. The Morgan fingerprint density at radius 1 is 0.522 bits per heavy atom. The van der Waals surface area contributed by atoms with Gasteiger partial charge in [-0.05, 0) is 38.8 Å². The zero-order valence-electron chi connectivity index (χ0n) is 25.7. The number of ketones is 4. The number of hydrogen-bond acceptors (Lipinski definition) is 9. The molecule has 4 aromatic rings. The summed E-state index contributed by atoms with van der Waals surface area (Å²) in [6.07, 6.45) is -1.12. The number of hydrogen-bond donors (Lipinski definition) is 1. The van der Waals surface area contributed by atoms with Crippen molar-refractivity contribution in [2.24, 2.45) is 0 Å². The van der Waals surface area contributed by atoms with Crippen molar-refractivity contribution in [3.63, 3.8) is 0 Å². The number of Topliss-reactive ketones (excluding diaryl/α,β-unsaturated/α-hetero) is 4. The third-order valence-electron chi connectivity index (χ3n) is 7.07. The van der Waals surface area contributed by atoms with Gasteiger partial charge in [0.05, 0.1) is 0 Å². The second-order valence-corrected chi connectivity index (χ2v) is 11.5. The highest BCUT2D eigenvalue weighted by Gasteiger charge is 2.35. The van der Waals surface area contributed by atoms with Gasteiger partial charge in [0.2, 0.25) is 5.78 Å². The Hall–Kier alpha value is -5.54. The lowest BCUT2D eigenvalue weighted by atomic mass is 9.92. The van der Waals surface area contributed by atoms with Gasteiger partial charge in [-0.2, -0.15) is 0 Å². The summed E-state index contributed by atoms with van der Waals surface area (Å²) < 4.78 is 11.0. The molecule has 0 saturated carbocycles. The van der Waals surface area contributed by atoms with E-state index in [1.807, 2.05) is 0 Å². The predicted molar refractivity (Wildman–Crippen MR) is 167 cm³/mol. The van der Waals surface area contributed by atoms with E-state index in [0.717, 1.165) is 0 Å². The van der Waals surface area contributed by atoms with Crippen LogP contribution < -0.4 is 0 Å². The van der Waals surface area contributed by atoms with Crippen LogP contribution in [0.25, 0.3) is 0 Å². The maximum Gasteiger partial charge on any atom is 0.380 e. The van der Waals surface area contributed by atoms with Crippen LogP contribution in [0.3, 0.4) is 0 Å². The molecule has 0 aliphatic carbocycles. The normalized spacial score (nSPS) is 12.0. The summed E-state index contributed by atoms with van der Waals surface area (Å²) in [6, 6.07) is 27.7. The van der Waals surface area contributed by atoms with Gasteiger partial charge in [-0.1, -0.05) is 109 Å². The Morgan fingerprint density at radius 2 is 0.913 bits per heavy atom. The highest BCUT2D eigenvalue weighted by molar-refractivity contribution is 6.41. The van der Waals surface area contributed by atoms with Crippen molar-refractivity contribution in [3.05, 3.63) is 143 Å². The summed E-state index contributed by atoms with van der Waals surface area (Å²) >= 11 is 0. The van der Waals surface area contributed by atoms with E-state index in [9.17, 15) is 33.9 Å². The lowest BCUT2D eigenvalue weighted by Gasteiger charge is -2.24. The van der Waals surface area contributed by atoms with Crippen molar-refractivity contribution in [1.82, 2.24) is 0 Å². The van der Waals surface area contributed by atoms with Crippen LogP contribution in [0.5, 0.6) is 0 Å². The van der Waals surface area contributed by atoms with Crippen molar-refractivity contribution in [3.8, 4) is 0 Å². The van der Waals surface area contributed by atoms with Gasteiger partial charge in [0.15, 0.2) is 17.5 Å². The van der Waals surface area contributed by atoms with Crippen LogP contribution in [0, 0.1) is 0 Å². The number of benzene rings is 4. The fraction of sp³-hybridized carbons (Fsp3) is 0.189. The third kappa shape index (κ3) is 7.75. The Kier molecular flexibility index (Phi) is 9.88. The van der Waals surface area contributed by atoms with Gasteiger partial charge in [0, 0.05) is 22.3 Å². The second-order valence-electron chi connectivity index (χ2n) is 11.5. The van der Waals surface area contributed by atoms with Crippen LogP contribution in [0.15, 0.2) is 109 Å². The molecule has 0 saturated heterocycles. The molecule has 0 amide bonds. The maximum atomic E-state index is 13.3. The second kappa shape index (κ2) is 13.6. The average Bonchev–Trinajstić information content (AvgIpc) is 3.06. The van der Waals surface area contributed by atoms with E-state index in [0.29, 0.717) is 11.1 Å². The molecular weight excluding hydrogens is 588 g/mol. The summed E-state index contributed by atoms with van der Waals surface area (Å²) in [5.74, 6) is -5.15. The SMILES string of the molecule is CC(C)(O)C(=O)c1ccc(C(OC(=O)C(=O)c2ccccc2)c2ccc(C(=O)C(C)(C)OC(=O)C(=O)c3ccccc3)cc2)cc1. The molecule has 0 radical (unpaired) electrons. The van der Waals surface area contributed by atoms with Crippen molar-refractivity contribution in [2.75, 3.05) is 0 Å². The van der Waals surface area contributed by atoms with Gasteiger partial charge in [-0.15, -0.1) is 0 Å². The van der Waals surface area contributed by atoms with Gasteiger partial charge in [-0.25, -0.2) is 9.59 Å². The largest absolute Gasteiger partial charge is 0.447 e. The molecule has 234 valence electrons. The van der Waals surface area contributed by atoms with E-state index in [1.165, 1.54) is 100 Å². The minimum Gasteiger partial charge on any atom is -0.447 e. The van der Waals surface area contributed by atoms with Crippen LogP contribution in [0.4, 0.5) is 0 Å². The molecule has 0 bridgehead atoms. The first-order valence-corrected chi connectivity index (χ1v) is 14.3. The number of carbonyl (C=O) groups excluding carboxylic acids is 6. The van der Waals surface area contributed by atoms with Gasteiger partial charge in [-0.3, -0.25) is 19.2 Å². The lowest BCUT2D eigenvalue weighted by molar-refractivity contribution is -0.146.